The third-order valence-corrected chi connectivity index (χ3v) is 4.25. The standard InChI is InChI=1S/C18H22O5S/c1-5-13(11-17(19)21-3)23-15-9-7-8-10-16(15)24-14(6-2)12-18(20)22-4/h5,7-10,12H,6,11H2,1-4H3/b13-5+,14-12-. The zero-order valence-corrected chi connectivity index (χ0v) is 15.1. The van der Waals surface area contributed by atoms with Gasteiger partial charge in [0.1, 0.15) is 17.9 Å². The van der Waals surface area contributed by atoms with E-state index in [1.54, 1.807) is 13.0 Å². The molecule has 0 aliphatic heterocycles. The molecular weight excluding hydrogens is 328 g/mol. The van der Waals surface area contributed by atoms with Gasteiger partial charge < -0.3 is 14.2 Å². The minimum Gasteiger partial charge on any atom is -0.469 e. The molecule has 0 atom stereocenters. The molecule has 1 aromatic carbocycles. The van der Waals surface area contributed by atoms with Crippen LogP contribution in [-0.4, -0.2) is 26.2 Å². The van der Waals surface area contributed by atoms with Gasteiger partial charge >= 0.3 is 11.9 Å². The molecule has 0 fully saturated rings. The average Bonchev–Trinajstić information content (AvgIpc) is 2.61. The van der Waals surface area contributed by atoms with Crippen molar-refractivity contribution in [2.45, 2.75) is 31.6 Å². The number of allylic oxidation sites excluding steroid dienone is 2. The number of hydrogen-bond donors (Lipinski definition) is 0. The van der Waals surface area contributed by atoms with E-state index in [-0.39, 0.29) is 12.4 Å². The molecule has 1 aromatic rings. The number of carbonyl (C=O) groups excluding carboxylic acids is 2. The summed E-state index contributed by atoms with van der Waals surface area (Å²) >= 11 is 1.43. The lowest BCUT2D eigenvalue weighted by molar-refractivity contribution is -0.140. The van der Waals surface area contributed by atoms with E-state index in [1.165, 1.54) is 32.1 Å². The fourth-order valence-corrected chi connectivity index (χ4v) is 2.65. The van der Waals surface area contributed by atoms with Crippen molar-refractivity contribution < 1.29 is 23.8 Å². The summed E-state index contributed by atoms with van der Waals surface area (Å²) in [6.45, 7) is 3.75. The van der Waals surface area contributed by atoms with Gasteiger partial charge in [0, 0.05) is 6.08 Å². The molecule has 6 heteroatoms. The van der Waals surface area contributed by atoms with Gasteiger partial charge in [0.2, 0.25) is 0 Å². The van der Waals surface area contributed by atoms with E-state index in [4.69, 9.17) is 4.74 Å². The van der Waals surface area contributed by atoms with Gasteiger partial charge in [-0.2, -0.15) is 0 Å². The summed E-state index contributed by atoms with van der Waals surface area (Å²) in [5.41, 5.74) is 0. The van der Waals surface area contributed by atoms with Crippen molar-refractivity contribution in [3.05, 3.63) is 47.1 Å². The Morgan fingerprint density at radius 3 is 2.46 bits per heavy atom. The summed E-state index contributed by atoms with van der Waals surface area (Å²) in [6.07, 6.45) is 3.94. The largest absolute Gasteiger partial charge is 0.469 e. The first kappa shape index (κ1) is 19.8. The van der Waals surface area contributed by atoms with Crippen LogP contribution >= 0.6 is 11.8 Å². The van der Waals surface area contributed by atoms with Crippen LogP contribution in [0, 0.1) is 0 Å². The summed E-state index contributed by atoms with van der Waals surface area (Å²) in [4.78, 5) is 24.6. The molecule has 0 amide bonds. The van der Waals surface area contributed by atoms with E-state index in [9.17, 15) is 9.59 Å². The van der Waals surface area contributed by atoms with Crippen LogP contribution < -0.4 is 4.74 Å². The Morgan fingerprint density at radius 1 is 1.17 bits per heavy atom. The fraction of sp³-hybridized carbons (Fsp3) is 0.333. The number of benzene rings is 1. The summed E-state index contributed by atoms with van der Waals surface area (Å²) in [5.74, 6) is 0.360. The lowest BCUT2D eigenvalue weighted by atomic mass is 10.3. The van der Waals surface area contributed by atoms with Crippen LogP contribution in [-0.2, 0) is 19.1 Å². The Labute approximate surface area is 146 Å². The van der Waals surface area contributed by atoms with Crippen molar-refractivity contribution in [1.29, 1.82) is 0 Å². The highest BCUT2D eigenvalue weighted by atomic mass is 32.2. The van der Waals surface area contributed by atoms with Crippen molar-refractivity contribution in [2.24, 2.45) is 0 Å². The van der Waals surface area contributed by atoms with E-state index in [1.807, 2.05) is 31.2 Å². The molecule has 0 bridgehead atoms. The van der Waals surface area contributed by atoms with Crippen LogP contribution in [0.5, 0.6) is 5.75 Å². The van der Waals surface area contributed by atoms with Crippen molar-refractivity contribution in [3.63, 3.8) is 0 Å². The van der Waals surface area contributed by atoms with E-state index in [0.717, 1.165) is 9.80 Å². The predicted octanol–water partition coefficient (Wildman–Crippen LogP) is 4.09. The second-order valence-electron chi connectivity index (χ2n) is 4.65. The van der Waals surface area contributed by atoms with E-state index < -0.39 is 5.97 Å². The van der Waals surface area contributed by atoms with Crippen molar-refractivity contribution in [3.8, 4) is 5.75 Å². The van der Waals surface area contributed by atoms with Crippen LogP contribution in [0.3, 0.4) is 0 Å². The van der Waals surface area contributed by atoms with Gasteiger partial charge in [-0.1, -0.05) is 30.8 Å². The Hall–Kier alpha value is -2.21. The number of rotatable bonds is 8. The van der Waals surface area contributed by atoms with Crippen LogP contribution in [0.2, 0.25) is 0 Å². The Kier molecular flexibility index (Phi) is 8.71. The average molecular weight is 350 g/mol. The topological polar surface area (TPSA) is 61.8 Å². The highest BCUT2D eigenvalue weighted by molar-refractivity contribution is 8.03. The zero-order chi connectivity index (χ0) is 17.9. The van der Waals surface area contributed by atoms with Gasteiger partial charge in [-0.05, 0) is 36.5 Å². The van der Waals surface area contributed by atoms with Crippen molar-refractivity contribution >= 4 is 23.7 Å². The maximum Gasteiger partial charge on any atom is 0.331 e. The summed E-state index contributed by atoms with van der Waals surface area (Å²) in [7, 11) is 2.68. The monoisotopic (exact) mass is 350 g/mol. The second kappa shape index (κ2) is 10.5. The van der Waals surface area contributed by atoms with Crippen LogP contribution in [0.4, 0.5) is 0 Å². The molecule has 0 aliphatic carbocycles. The number of esters is 2. The minimum absolute atomic E-state index is 0.0602. The molecule has 0 aliphatic rings. The number of thioether (sulfide) groups is 1. The molecule has 0 aromatic heterocycles. The molecule has 0 radical (unpaired) electrons. The van der Waals surface area contributed by atoms with Gasteiger partial charge in [0.25, 0.3) is 0 Å². The van der Waals surface area contributed by atoms with E-state index >= 15 is 0 Å². The first-order valence-electron chi connectivity index (χ1n) is 7.49. The molecule has 0 saturated carbocycles. The van der Waals surface area contributed by atoms with E-state index in [2.05, 4.69) is 9.47 Å². The maximum atomic E-state index is 11.4. The Bertz CT molecular complexity index is 634. The van der Waals surface area contributed by atoms with Crippen LogP contribution in [0.1, 0.15) is 26.7 Å². The lowest BCUT2D eigenvalue weighted by Crippen LogP contribution is -2.06. The van der Waals surface area contributed by atoms with Gasteiger partial charge in [0.15, 0.2) is 0 Å². The maximum absolute atomic E-state index is 11.4. The normalized spacial score (nSPS) is 11.8. The molecule has 0 spiro atoms. The number of carbonyl (C=O) groups is 2. The Morgan fingerprint density at radius 2 is 1.88 bits per heavy atom. The summed E-state index contributed by atoms with van der Waals surface area (Å²) in [5, 5.41) is 0. The predicted molar refractivity (Wildman–Crippen MR) is 93.7 cm³/mol. The summed E-state index contributed by atoms with van der Waals surface area (Å²) in [6, 6.07) is 7.44. The van der Waals surface area contributed by atoms with Crippen molar-refractivity contribution in [2.75, 3.05) is 14.2 Å². The van der Waals surface area contributed by atoms with Crippen LogP contribution in [0.25, 0.3) is 0 Å². The molecule has 24 heavy (non-hydrogen) atoms. The number of para-hydroxylation sites is 1. The molecule has 1 rings (SSSR count). The third kappa shape index (κ3) is 6.50. The lowest BCUT2D eigenvalue weighted by Gasteiger charge is -2.13. The quantitative estimate of drug-likeness (QED) is 0.304. The summed E-state index contributed by atoms with van der Waals surface area (Å²) < 4.78 is 15.2. The minimum atomic E-state index is -0.391. The third-order valence-electron chi connectivity index (χ3n) is 3.03. The highest BCUT2D eigenvalue weighted by Crippen LogP contribution is 2.36. The fourth-order valence-electron chi connectivity index (χ4n) is 1.71. The van der Waals surface area contributed by atoms with Gasteiger partial charge in [-0.15, -0.1) is 0 Å². The molecule has 0 unspecified atom stereocenters. The molecule has 5 nitrogen and oxygen atoms in total. The molecule has 0 saturated heterocycles. The van der Waals surface area contributed by atoms with Crippen LogP contribution in [0.15, 0.2) is 52.0 Å². The molecule has 0 N–H and O–H groups in total. The number of ether oxygens (including phenoxy) is 3. The smallest absolute Gasteiger partial charge is 0.331 e. The second-order valence-corrected chi connectivity index (χ2v) is 5.81. The molecule has 0 heterocycles. The van der Waals surface area contributed by atoms with Gasteiger partial charge in [-0.25, -0.2) is 4.79 Å². The number of methoxy groups -OCH3 is 2. The molecule has 130 valence electrons. The van der Waals surface area contributed by atoms with Gasteiger partial charge in [0.05, 0.1) is 19.1 Å². The van der Waals surface area contributed by atoms with Crippen molar-refractivity contribution in [1.82, 2.24) is 0 Å². The SMILES string of the molecule is C/C=C(\CC(=O)OC)Oc1ccccc1S/C(=C\C(=O)OC)CC. The first-order valence-corrected chi connectivity index (χ1v) is 8.30. The first-order chi connectivity index (χ1) is 11.5. The van der Waals surface area contributed by atoms with Gasteiger partial charge in [-0.3, -0.25) is 4.79 Å². The molecular formula is C18H22O5S. The van der Waals surface area contributed by atoms with E-state index in [0.29, 0.717) is 17.9 Å². The zero-order valence-electron chi connectivity index (χ0n) is 14.3. The number of hydrogen-bond acceptors (Lipinski definition) is 6. The highest BCUT2D eigenvalue weighted by Gasteiger charge is 2.12. The Balaban J connectivity index is 2.97.